The number of nitrogens with zero attached hydrogens (tertiary/aromatic N) is 1. The summed E-state index contributed by atoms with van der Waals surface area (Å²) in [5, 5.41) is 8.83. The summed E-state index contributed by atoms with van der Waals surface area (Å²) in [6.07, 6.45) is 3.02. The Bertz CT molecular complexity index is 540. The van der Waals surface area contributed by atoms with Gasteiger partial charge in [0.2, 0.25) is 0 Å². The standard InChI is InChI=1S/C18H25NO2/c1-18(2)10-6-11-19(18)14-15-8-9-17(21-3)16(13-15)7-4-5-12-20/h8-9,13,20H,5-6,10-12,14H2,1-3H3. The molecule has 1 aromatic carbocycles. The third kappa shape index (κ3) is 4.00. The molecule has 1 saturated heterocycles. The van der Waals surface area contributed by atoms with E-state index in [1.165, 1.54) is 18.4 Å². The number of likely N-dealkylation sites (tertiary alicyclic amines) is 1. The van der Waals surface area contributed by atoms with Gasteiger partial charge in [0.15, 0.2) is 0 Å². The minimum absolute atomic E-state index is 0.0942. The molecule has 1 fully saturated rings. The molecular weight excluding hydrogens is 262 g/mol. The average molecular weight is 287 g/mol. The van der Waals surface area contributed by atoms with Gasteiger partial charge < -0.3 is 9.84 Å². The zero-order valence-corrected chi connectivity index (χ0v) is 13.3. The Kier molecular flexibility index (Phi) is 5.27. The SMILES string of the molecule is COc1ccc(CN2CCCC2(C)C)cc1C#CCCO. The van der Waals surface area contributed by atoms with Crippen LogP contribution in [0.1, 0.15) is 44.2 Å². The van der Waals surface area contributed by atoms with Crippen molar-refractivity contribution in [1.82, 2.24) is 4.90 Å². The summed E-state index contributed by atoms with van der Waals surface area (Å²) >= 11 is 0. The zero-order chi connectivity index (χ0) is 15.3. The van der Waals surface area contributed by atoms with Crippen molar-refractivity contribution in [1.29, 1.82) is 0 Å². The lowest BCUT2D eigenvalue weighted by Crippen LogP contribution is -2.37. The van der Waals surface area contributed by atoms with Crippen LogP contribution in [0, 0.1) is 11.8 Å². The molecule has 0 radical (unpaired) electrons. The van der Waals surface area contributed by atoms with Gasteiger partial charge in [0.1, 0.15) is 5.75 Å². The van der Waals surface area contributed by atoms with Crippen molar-refractivity contribution in [3.8, 4) is 17.6 Å². The molecule has 0 atom stereocenters. The quantitative estimate of drug-likeness (QED) is 0.864. The molecule has 1 heterocycles. The maximum atomic E-state index is 8.83. The summed E-state index contributed by atoms with van der Waals surface area (Å²) in [7, 11) is 1.66. The van der Waals surface area contributed by atoms with Crippen LogP contribution in [0.5, 0.6) is 5.75 Å². The van der Waals surface area contributed by atoms with Crippen LogP contribution in [-0.4, -0.2) is 35.8 Å². The molecular formula is C18H25NO2. The first-order chi connectivity index (χ1) is 10.1. The van der Waals surface area contributed by atoms with E-state index in [1.54, 1.807) is 7.11 Å². The van der Waals surface area contributed by atoms with Crippen molar-refractivity contribution in [2.24, 2.45) is 0 Å². The van der Waals surface area contributed by atoms with Gasteiger partial charge in [0.05, 0.1) is 19.3 Å². The maximum Gasteiger partial charge on any atom is 0.134 e. The fourth-order valence-corrected chi connectivity index (χ4v) is 2.84. The second kappa shape index (κ2) is 6.98. The lowest BCUT2D eigenvalue weighted by molar-refractivity contribution is 0.166. The summed E-state index contributed by atoms with van der Waals surface area (Å²) < 4.78 is 5.36. The van der Waals surface area contributed by atoms with Crippen LogP contribution in [0.4, 0.5) is 0 Å². The van der Waals surface area contributed by atoms with Gasteiger partial charge in [-0.2, -0.15) is 0 Å². The molecule has 21 heavy (non-hydrogen) atoms. The zero-order valence-electron chi connectivity index (χ0n) is 13.3. The van der Waals surface area contributed by atoms with Crippen LogP contribution in [0.3, 0.4) is 0 Å². The van der Waals surface area contributed by atoms with Crippen LogP contribution in [0.2, 0.25) is 0 Å². The van der Waals surface area contributed by atoms with Crippen LogP contribution >= 0.6 is 0 Å². The molecule has 1 N–H and O–H groups in total. The first-order valence-electron chi connectivity index (χ1n) is 7.58. The highest BCUT2D eigenvalue weighted by Gasteiger charge is 2.31. The normalized spacial score (nSPS) is 17.3. The number of hydrogen-bond donors (Lipinski definition) is 1. The van der Waals surface area contributed by atoms with Gasteiger partial charge in [0.25, 0.3) is 0 Å². The fourth-order valence-electron chi connectivity index (χ4n) is 2.84. The van der Waals surface area contributed by atoms with Crippen LogP contribution < -0.4 is 4.74 Å². The number of methoxy groups -OCH3 is 1. The Balaban J connectivity index is 2.18. The van der Waals surface area contributed by atoms with Crippen molar-refractivity contribution >= 4 is 0 Å². The number of hydrogen-bond acceptors (Lipinski definition) is 3. The Morgan fingerprint density at radius 3 is 2.81 bits per heavy atom. The van der Waals surface area contributed by atoms with E-state index in [4.69, 9.17) is 9.84 Å². The van der Waals surface area contributed by atoms with Gasteiger partial charge in [-0.15, -0.1) is 0 Å². The summed E-state index contributed by atoms with van der Waals surface area (Å²) in [4.78, 5) is 2.53. The number of aliphatic hydroxyl groups is 1. The van der Waals surface area contributed by atoms with Crippen molar-refractivity contribution in [3.63, 3.8) is 0 Å². The largest absolute Gasteiger partial charge is 0.495 e. The van der Waals surface area contributed by atoms with E-state index in [0.29, 0.717) is 6.42 Å². The Hall–Kier alpha value is -1.50. The molecule has 1 aliphatic heterocycles. The molecule has 0 aliphatic carbocycles. The number of ether oxygens (including phenoxy) is 1. The van der Waals surface area contributed by atoms with Gasteiger partial charge in [-0.3, -0.25) is 4.90 Å². The molecule has 0 unspecified atom stereocenters. The topological polar surface area (TPSA) is 32.7 Å². The summed E-state index contributed by atoms with van der Waals surface area (Å²) in [6.45, 7) is 6.82. The molecule has 2 rings (SSSR count). The van der Waals surface area contributed by atoms with Crippen molar-refractivity contribution in [3.05, 3.63) is 29.3 Å². The highest BCUT2D eigenvalue weighted by atomic mass is 16.5. The van der Waals surface area contributed by atoms with Crippen LogP contribution in [-0.2, 0) is 6.54 Å². The van der Waals surface area contributed by atoms with E-state index in [-0.39, 0.29) is 12.1 Å². The predicted octanol–water partition coefficient (Wildman–Crippen LogP) is 2.80. The van der Waals surface area contributed by atoms with Gasteiger partial charge in [0, 0.05) is 18.5 Å². The highest BCUT2D eigenvalue weighted by molar-refractivity contribution is 5.48. The second-order valence-corrected chi connectivity index (χ2v) is 6.15. The van der Waals surface area contributed by atoms with Gasteiger partial charge in [-0.25, -0.2) is 0 Å². The van der Waals surface area contributed by atoms with E-state index in [0.717, 1.165) is 24.4 Å². The van der Waals surface area contributed by atoms with Gasteiger partial charge >= 0.3 is 0 Å². The van der Waals surface area contributed by atoms with Crippen molar-refractivity contribution < 1.29 is 9.84 Å². The molecule has 3 nitrogen and oxygen atoms in total. The van der Waals surface area contributed by atoms with Crippen molar-refractivity contribution in [2.75, 3.05) is 20.3 Å². The number of rotatable bonds is 4. The minimum Gasteiger partial charge on any atom is -0.495 e. The maximum absolute atomic E-state index is 8.83. The molecule has 0 saturated carbocycles. The molecule has 0 spiro atoms. The van der Waals surface area contributed by atoms with Gasteiger partial charge in [-0.05, 0) is 50.9 Å². The second-order valence-electron chi connectivity index (χ2n) is 6.15. The Morgan fingerprint density at radius 2 is 2.19 bits per heavy atom. The molecule has 114 valence electrons. The summed E-state index contributed by atoms with van der Waals surface area (Å²) in [6, 6.07) is 6.21. The number of benzene rings is 1. The van der Waals surface area contributed by atoms with E-state index < -0.39 is 0 Å². The predicted molar refractivity (Wildman–Crippen MR) is 85.3 cm³/mol. The van der Waals surface area contributed by atoms with Crippen LogP contribution in [0.15, 0.2) is 18.2 Å². The first-order valence-corrected chi connectivity index (χ1v) is 7.58. The van der Waals surface area contributed by atoms with E-state index >= 15 is 0 Å². The third-order valence-corrected chi connectivity index (χ3v) is 4.17. The molecule has 0 bridgehead atoms. The van der Waals surface area contributed by atoms with E-state index in [9.17, 15) is 0 Å². The number of aliphatic hydroxyl groups excluding tert-OH is 1. The summed E-state index contributed by atoms with van der Waals surface area (Å²) in [5.41, 5.74) is 2.45. The average Bonchev–Trinajstić information content (AvgIpc) is 2.78. The smallest absolute Gasteiger partial charge is 0.134 e. The van der Waals surface area contributed by atoms with Crippen LogP contribution in [0.25, 0.3) is 0 Å². The Morgan fingerprint density at radius 1 is 1.38 bits per heavy atom. The molecule has 1 aliphatic rings. The highest BCUT2D eigenvalue weighted by Crippen LogP contribution is 2.30. The van der Waals surface area contributed by atoms with E-state index in [1.807, 2.05) is 6.07 Å². The Labute approximate surface area is 127 Å². The van der Waals surface area contributed by atoms with E-state index in [2.05, 4.69) is 42.7 Å². The minimum atomic E-state index is 0.0942. The molecule has 0 aromatic heterocycles. The monoisotopic (exact) mass is 287 g/mol. The fraction of sp³-hybridized carbons (Fsp3) is 0.556. The van der Waals surface area contributed by atoms with Gasteiger partial charge in [-0.1, -0.05) is 17.9 Å². The van der Waals surface area contributed by atoms with Crippen molar-refractivity contribution in [2.45, 2.75) is 45.2 Å². The molecule has 0 amide bonds. The third-order valence-electron chi connectivity index (χ3n) is 4.17. The molecule has 3 heteroatoms. The lowest BCUT2D eigenvalue weighted by atomic mass is 10.0. The first kappa shape index (κ1) is 15.9. The molecule has 1 aromatic rings. The lowest BCUT2D eigenvalue weighted by Gasteiger charge is -2.31. The summed E-state index contributed by atoms with van der Waals surface area (Å²) in [5.74, 6) is 6.86.